The van der Waals surface area contributed by atoms with E-state index in [0.717, 1.165) is 23.3 Å². The number of hydrogen-bond acceptors (Lipinski definition) is 4. The smallest absolute Gasteiger partial charge is 0.243 e. The summed E-state index contributed by atoms with van der Waals surface area (Å²) >= 11 is 0. The van der Waals surface area contributed by atoms with Crippen molar-refractivity contribution in [3.8, 4) is 5.75 Å². The number of rotatable bonds is 9. The van der Waals surface area contributed by atoms with Gasteiger partial charge < -0.3 is 25.4 Å². The minimum absolute atomic E-state index is 0.275. The summed E-state index contributed by atoms with van der Waals surface area (Å²) in [6, 6.07) is 7.44. The van der Waals surface area contributed by atoms with Crippen LogP contribution in [0, 0.1) is 24.4 Å². The molecule has 0 heterocycles. The molecular weight excluding hydrogens is 413 g/mol. The third-order valence-electron chi connectivity index (χ3n) is 4.16. The Bertz CT molecular complexity index is 938. The van der Waals surface area contributed by atoms with E-state index in [1.54, 1.807) is 7.11 Å². The molecule has 2 aromatic rings. The van der Waals surface area contributed by atoms with E-state index in [0.29, 0.717) is 31.5 Å². The monoisotopic (exact) mass is 438 g/mol. The van der Waals surface area contributed by atoms with Crippen LogP contribution in [0.1, 0.15) is 11.1 Å². The normalized spacial score (nSPS) is 11.2. The Morgan fingerprint density at radius 2 is 1.84 bits per heavy atom. The molecule has 0 aliphatic carbocycles. The summed E-state index contributed by atoms with van der Waals surface area (Å²) in [5, 5.41) is 7.99. The highest BCUT2D eigenvalue weighted by atomic mass is 19.2. The number of aliphatic imine (C=N–C) groups is 1. The lowest BCUT2D eigenvalue weighted by Crippen LogP contribution is -2.41. The molecular formula is C21H25F3N4O3. The maximum atomic E-state index is 13.7. The molecule has 2 aromatic carbocycles. The number of guanidine groups is 1. The van der Waals surface area contributed by atoms with Crippen molar-refractivity contribution in [3.05, 3.63) is 58.9 Å². The zero-order valence-corrected chi connectivity index (χ0v) is 17.5. The van der Waals surface area contributed by atoms with Gasteiger partial charge in [0.05, 0.1) is 18.8 Å². The second kappa shape index (κ2) is 11.8. The van der Waals surface area contributed by atoms with Crippen LogP contribution in [0.4, 0.5) is 18.9 Å². The number of nitrogens with zero attached hydrogens (tertiary/aromatic N) is 1. The number of ether oxygens (including phenoxy) is 2. The number of nitrogens with one attached hydrogen (secondary N) is 3. The molecule has 10 heteroatoms. The molecule has 31 heavy (non-hydrogen) atoms. The third kappa shape index (κ3) is 7.18. The van der Waals surface area contributed by atoms with Gasteiger partial charge in [0.1, 0.15) is 12.4 Å². The van der Waals surface area contributed by atoms with Crippen LogP contribution in [0.25, 0.3) is 0 Å². The first-order valence-electron chi connectivity index (χ1n) is 9.44. The molecule has 7 nitrogen and oxygen atoms in total. The minimum Gasteiger partial charge on any atom is -0.491 e. The number of methoxy groups -OCH3 is 1. The molecule has 1 amide bonds. The molecule has 0 aliphatic heterocycles. The summed E-state index contributed by atoms with van der Waals surface area (Å²) in [5.41, 5.74) is 1.46. The second-order valence-corrected chi connectivity index (χ2v) is 6.50. The van der Waals surface area contributed by atoms with Crippen LogP contribution < -0.4 is 20.7 Å². The number of anilines is 1. The predicted molar refractivity (Wildman–Crippen MR) is 112 cm³/mol. The van der Waals surface area contributed by atoms with Gasteiger partial charge in [-0.1, -0.05) is 12.1 Å². The fourth-order valence-corrected chi connectivity index (χ4v) is 2.56. The van der Waals surface area contributed by atoms with Crippen molar-refractivity contribution < 1.29 is 27.4 Å². The topological polar surface area (TPSA) is 84.0 Å². The molecule has 0 spiro atoms. The average Bonchev–Trinajstić information content (AvgIpc) is 2.75. The molecule has 0 saturated heterocycles. The van der Waals surface area contributed by atoms with Crippen LogP contribution in [0.15, 0.2) is 35.3 Å². The number of aryl methyl sites for hydroxylation is 1. The summed E-state index contributed by atoms with van der Waals surface area (Å²) in [4.78, 5) is 16.0. The Labute approximate surface area is 178 Å². The van der Waals surface area contributed by atoms with Gasteiger partial charge in [-0.3, -0.25) is 9.79 Å². The Hall–Kier alpha value is -3.27. The fourth-order valence-electron chi connectivity index (χ4n) is 2.56. The van der Waals surface area contributed by atoms with Gasteiger partial charge in [-0.25, -0.2) is 13.2 Å². The van der Waals surface area contributed by atoms with Gasteiger partial charge >= 0.3 is 0 Å². The maximum Gasteiger partial charge on any atom is 0.243 e. The van der Waals surface area contributed by atoms with Gasteiger partial charge in [-0.05, 0) is 30.7 Å². The number of hydrogen-bond donors (Lipinski definition) is 3. The van der Waals surface area contributed by atoms with Crippen LogP contribution in [-0.4, -0.2) is 45.8 Å². The second-order valence-electron chi connectivity index (χ2n) is 6.50. The number of carbonyl (C=O) groups is 1. The predicted octanol–water partition coefficient (Wildman–Crippen LogP) is 2.74. The van der Waals surface area contributed by atoms with Gasteiger partial charge in [0.15, 0.2) is 23.4 Å². The van der Waals surface area contributed by atoms with E-state index >= 15 is 0 Å². The van der Waals surface area contributed by atoms with E-state index in [-0.39, 0.29) is 6.54 Å². The van der Waals surface area contributed by atoms with Crippen molar-refractivity contribution in [2.75, 3.05) is 39.2 Å². The van der Waals surface area contributed by atoms with Crippen LogP contribution in [-0.2, 0) is 16.1 Å². The number of benzene rings is 2. The van der Waals surface area contributed by atoms with E-state index in [4.69, 9.17) is 9.47 Å². The SMILES string of the molecule is CN=C(NCC(=O)Nc1ccc(F)c(F)c1F)NCc1ccc(C)cc1OCCOC. The molecule has 0 aromatic heterocycles. The quantitative estimate of drug-likeness (QED) is 0.243. The Morgan fingerprint density at radius 3 is 2.55 bits per heavy atom. The molecule has 0 unspecified atom stereocenters. The standard InChI is InChI=1S/C21H25F3N4O3/c1-13-4-5-14(17(10-13)31-9-8-30-3)11-26-21(25-2)27-12-18(29)28-16-7-6-15(22)19(23)20(16)24/h4-7,10H,8-9,11-12H2,1-3H3,(H,28,29)(H2,25,26,27). The molecule has 0 radical (unpaired) electrons. The summed E-state index contributed by atoms with van der Waals surface area (Å²) in [6.07, 6.45) is 0. The molecule has 0 bridgehead atoms. The van der Waals surface area contributed by atoms with Gasteiger partial charge in [0.2, 0.25) is 5.91 Å². The number of amides is 1. The van der Waals surface area contributed by atoms with Crippen molar-refractivity contribution in [3.63, 3.8) is 0 Å². The van der Waals surface area contributed by atoms with E-state index < -0.39 is 29.0 Å². The summed E-state index contributed by atoms with van der Waals surface area (Å²) in [5.74, 6) is -4.09. The van der Waals surface area contributed by atoms with E-state index in [2.05, 4.69) is 20.9 Å². The van der Waals surface area contributed by atoms with E-state index in [1.165, 1.54) is 7.05 Å². The molecule has 0 aliphatic rings. The first-order valence-corrected chi connectivity index (χ1v) is 9.44. The zero-order valence-electron chi connectivity index (χ0n) is 17.5. The highest BCUT2D eigenvalue weighted by molar-refractivity contribution is 5.95. The first-order chi connectivity index (χ1) is 14.8. The maximum absolute atomic E-state index is 13.7. The Morgan fingerprint density at radius 1 is 1.06 bits per heavy atom. The lowest BCUT2D eigenvalue weighted by molar-refractivity contribution is -0.115. The molecule has 0 fully saturated rings. The molecule has 168 valence electrons. The van der Waals surface area contributed by atoms with Crippen molar-refractivity contribution >= 4 is 17.6 Å². The highest BCUT2D eigenvalue weighted by Gasteiger charge is 2.15. The van der Waals surface area contributed by atoms with Crippen LogP contribution >= 0.6 is 0 Å². The molecule has 0 atom stereocenters. The largest absolute Gasteiger partial charge is 0.491 e. The van der Waals surface area contributed by atoms with Crippen LogP contribution in [0.2, 0.25) is 0 Å². The van der Waals surface area contributed by atoms with Gasteiger partial charge in [0.25, 0.3) is 0 Å². The highest BCUT2D eigenvalue weighted by Crippen LogP contribution is 2.21. The zero-order chi connectivity index (χ0) is 22.8. The van der Waals surface area contributed by atoms with Gasteiger partial charge in [0, 0.05) is 26.3 Å². The number of carbonyl (C=O) groups excluding carboxylic acids is 1. The lowest BCUT2D eigenvalue weighted by atomic mass is 10.1. The number of halogens is 3. The van der Waals surface area contributed by atoms with Gasteiger partial charge in [-0.15, -0.1) is 0 Å². The summed E-state index contributed by atoms with van der Waals surface area (Å²) in [7, 11) is 3.11. The van der Waals surface area contributed by atoms with Gasteiger partial charge in [-0.2, -0.15) is 0 Å². The average molecular weight is 438 g/mol. The van der Waals surface area contributed by atoms with Crippen LogP contribution in [0.5, 0.6) is 5.75 Å². The summed E-state index contributed by atoms with van der Waals surface area (Å²) in [6.45, 7) is 2.90. The Balaban J connectivity index is 1.90. The third-order valence-corrected chi connectivity index (χ3v) is 4.16. The minimum atomic E-state index is -1.65. The van der Waals surface area contributed by atoms with Crippen LogP contribution in [0.3, 0.4) is 0 Å². The van der Waals surface area contributed by atoms with Crippen molar-refractivity contribution in [2.24, 2.45) is 4.99 Å². The van der Waals surface area contributed by atoms with Crippen molar-refractivity contribution in [1.29, 1.82) is 0 Å². The fraction of sp³-hybridized carbons (Fsp3) is 0.333. The van der Waals surface area contributed by atoms with E-state index in [1.807, 2.05) is 25.1 Å². The van der Waals surface area contributed by atoms with Crippen molar-refractivity contribution in [2.45, 2.75) is 13.5 Å². The van der Waals surface area contributed by atoms with E-state index in [9.17, 15) is 18.0 Å². The molecule has 2 rings (SSSR count). The Kier molecular flexibility index (Phi) is 9.13. The molecule has 3 N–H and O–H groups in total. The molecule has 0 saturated carbocycles. The lowest BCUT2D eigenvalue weighted by Gasteiger charge is -2.15. The summed E-state index contributed by atoms with van der Waals surface area (Å²) < 4.78 is 50.6. The van der Waals surface area contributed by atoms with Crippen molar-refractivity contribution in [1.82, 2.24) is 10.6 Å². The first kappa shape index (κ1) is 24.0.